The third-order valence-electron chi connectivity index (χ3n) is 3.16. The number of aromatic nitrogens is 1. The second-order valence-electron chi connectivity index (χ2n) is 4.95. The van der Waals surface area contributed by atoms with Crippen LogP contribution >= 0.6 is 0 Å². The number of nitrogens with one attached hydrogen (secondary N) is 1. The van der Waals surface area contributed by atoms with Gasteiger partial charge in [-0.3, -0.25) is 9.59 Å². The topological polar surface area (TPSA) is 71.5 Å². The normalized spacial score (nSPS) is 17.9. The minimum Gasteiger partial charge on any atom is -0.472 e. The smallest absolute Gasteiger partial charge is 0.242 e. The van der Waals surface area contributed by atoms with Crippen LogP contribution in [0.4, 0.5) is 0 Å². The first-order valence-corrected chi connectivity index (χ1v) is 6.66. The fraction of sp³-hybridized carbons (Fsp3) is 0.500. The molecule has 0 aliphatic carbocycles. The average Bonchev–Trinajstić information content (AvgIpc) is 2.87. The monoisotopic (exact) mass is 277 g/mol. The standard InChI is InChI=1S/C14H19N3O3/c1-10-3-4-13(16-7-10)20-12-5-6-17(9-12)14(19)8-15-11(2)18/h3-4,7,12H,5-6,8-9H2,1-2H3,(H,15,18)/t12-/m1/s1. The Bertz CT molecular complexity index is 487. The van der Waals surface area contributed by atoms with E-state index in [4.69, 9.17) is 4.74 Å². The van der Waals surface area contributed by atoms with Crippen LogP contribution in [-0.4, -0.2) is 47.4 Å². The van der Waals surface area contributed by atoms with Crippen molar-refractivity contribution in [3.8, 4) is 5.88 Å². The Morgan fingerprint density at radius 2 is 2.30 bits per heavy atom. The van der Waals surface area contributed by atoms with Crippen molar-refractivity contribution in [3.05, 3.63) is 23.9 Å². The van der Waals surface area contributed by atoms with Gasteiger partial charge in [0.05, 0.1) is 13.1 Å². The fourth-order valence-corrected chi connectivity index (χ4v) is 2.06. The van der Waals surface area contributed by atoms with Gasteiger partial charge in [0.15, 0.2) is 0 Å². The van der Waals surface area contributed by atoms with Gasteiger partial charge in [-0.05, 0) is 12.5 Å². The van der Waals surface area contributed by atoms with Gasteiger partial charge in [0.2, 0.25) is 17.7 Å². The van der Waals surface area contributed by atoms with Crippen molar-refractivity contribution in [3.63, 3.8) is 0 Å². The molecule has 0 radical (unpaired) electrons. The van der Waals surface area contributed by atoms with Crippen LogP contribution in [0, 0.1) is 6.92 Å². The predicted molar refractivity (Wildman–Crippen MR) is 73.3 cm³/mol. The molecule has 6 heteroatoms. The molecular formula is C14H19N3O3. The van der Waals surface area contributed by atoms with Crippen molar-refractivity contribution >= 4 is 11.8 Å². The van der Waals surface area contributed by atoms with Crippen molar-refractivity contribution in [2.24, 2.45) is 0 Å². The number of carbonyl (C=O) groups is 2. The number of likely N-dealkylation sites (tertiary alicyclic amines) is 1. The van der Waals surface area contributed by atoms with Crippen LogP contribution in [0.25, 0.3) is 0 Å². The number of nitrogens with zero attached hydrogens (tertiary/aromatic N) is 2. The van der Waals surface area contributed by atoms with E-state index in [1.54, 1.807) is 11.1 Å². The minimum atomic E-state index is -0.200. The maximum Gasteiger partial charge on any atom is 0.242 e. The molecule has 0 spiro atoms. The summed E-state index contributed by atoms with van der Waals surface area (Å²) in [5.41, 5.74) is 1.08. The summed E-state index contributed by atoms with van der Waals surface area (Å²) in [5, 5.41) is 2.51. The lowest BCUT2D eigenvalue weighted by Crippen LogP contribution is -2.39. The van der Waals surface area contributed by atoms with E-state index >= 15 is 0 Å². The molecule has 20 heavy (non-hydrogen) atoms. The van der Waals surface area contributed by atoms with Gasteiger partial charge in [-0.15, -0.1) is 0 Å². The highest BCUT2D eigenvalue weighted by Crippen LogP contribution is 2.16. The lowest BCUT2D eigenvalue weighted by molar-refractivity contribution is -0.131. The van der Waals surface area contributed by atoms with Crippen molar-refractivity contribution < 1.29 is 14.3 Å². The van der Waals surface area contributed by atoms with E-state index in [0.29, 0.717) is 19.0 Å². The molecule has 1 aromatic heterocycles. The van der Waals surface area contributed by atoms with Gasteiger partial charge in [0.25, 0.3) is 0 Å². The number of rotatable bonds is 4. The van der Waals surface area contributed by atoms with Crippen molar-refractivity contribution in [2.75, 3.05) is 19.6 Å². The number of hydrogen-bond donors (Lipinski definition) is 1. The lowest BCUT2D eigenvalue weighted by Gasteiger charge is -2.17. The van der Waals surface area contributed by atoms with Gasteiger partial charge in [-0.2, -0.15) is 0 Å². The van der Waals surface area contributed by atoms with E-state index in [1.807, 2.05) is 19.1 Å². The molecule has 6 nitrogen and oxygen atoms in total. The Morgan fingerprint density at radius 1 is 1.50 bits per heavy atom. The first-order chi connectivity index (χ1) is 9.54. The summed E-state index contributed by atoms with van der Waals surface area (Å²) in [6, 6.07) is 3.77. The molecule has 1 aromatic rings. The van der Waals surface area contributed by atoms with E-state index in [1.165, 1.54) is 6.92 Å². The Balaban J connectivity index is 1.81. The van der Waals surface area contributed by atoms with Crippen LogP contribution in [0.1, 0.15) is 18.9 Å². The molecule has 2 heterocycles. The lowest BCUT2D eigenvalue weighted by atomic mass is 10.3. The quantitative estimate of drug-likeness (QED) is 0.870. The first kappa shape index (κ1) is 14.3. The SMILES string of the molecule is CC(=O)NCC(=O)N1CC[C@@H](Oc2ccc(C)cn2)C1. The van der Waals surface area contributed by atoms with Crippen molar-refractivity contribution in [1.82, 2.24) is 15.2 Å². The maximum absolute atomic E-state index is 11.8. The average molecular weight is 277 g/mol. The number of hydrogen-bond acceptors (Lipinski definition) is 4. The fourth-order valence-electron chi connectivity index (χ4n) is 2.06. The highest BCUT2D eigenvalue weighted by atomic mass is 16.5. The summed E-state index contributed by atoms with van der Waals surface area (Å²) >= 11 is 0. The molecule has 0 unspecified atom stereocenters. The zero-order chi connectivity index (χ0) is 14.5. The van der Waals surface area contributed by atoms with Gasteiger partial charge >= 0.3 is 0 Å². The van der Waals surface area contributed by atoms with Crippen molar-refractivity contribution in [2.45, 2.75) is 26.4 Å². The van der Waals surface area contributed by atoms with Crippen LogP contribution in [0.5, 0.6) is 5.88 Å². The van der Waals surface area contributed by atoms with Gasteiger partial charge in [-0.1, -0.05) is 6.07 Å². The van der Waals surface area contributed by atoms with Crippen LogP contribution in [0.3, 0.4) is 0 Å². The van der Waals surface area contributed by atoms with E-state index in [2.05, 4.69) is 10.3 Å². The second-order valence-corrected chi connectivity index (χ2v) is 4.95. The Morgan fingerprint density at radius 3 is 2.95 bits per heavy atom. The van der Waals surface area contributed by atoms with E-state index in [-0.39, 0.29) is 24.5 Å². The molecule has 108 valence electrons. The van der Waals surface area contributed by atoms with Gasteiger partial charge in [0, 0.05) is 32.2 Å². The summed E-state index contributed by atoms with van der Waals surface area (Å²) in [4.78, 5) is 28.5. The summed E-state index contributed by atoms with van der Waals surface area (Å²) in [6.45, 7) is 4.59. The number of pyridine rings is 1. The third-order valence-corrected chi connectivity index (χ3v) is 3.16. The minimum absolute atomic E-state index is 0.0357. The highest BCUT2D eigenvalue weighted by Gasteiger charge is 2.27. The summed E-state index contributed by atoms with van der Waals surface area (Å²) in [5.74, 6) is 0.300. The molecular weight excluding hydrogens is 258 g/mol. The summed E-state index contributed by atoms with van der Waals surface area (Å²) in [6.07, 6.45) is 2.50. The Kier molecular flexibility index (Phi) is 4.55. The predicted octanol–water partition coefficient (Wildman–Crippen LogP) is 0.506. The molecule has 0 aromatic carbocycles. The van der Waals surface area contributed by atoms with Crippen LogP contribution in [0.2, 0.25) is 0 Å². The third kappa shape index (κ3) is 3.94. The van der Waals surface area contributed by atoms with Crippen molar-refractivity contribution in [1.29, 1.82) is 0 Å². The largest absolute Gasteiger partial charge is 0.472 e. The molecule has 0 bridgehead atoms. The van der Waals surface area contributed by atoms with Gasteiger partial charge < -0.3 is 15.0 Å². The summed E-state index contributed by atoms with van der Waals surface area (Å²) < 4.78 is 5.74. The van der Waals surface area contributed by atoms with Crippen LogP contribution in [0.15, 0.2) is 18.3 Å². The molecule has 1 fully saturated rings. The number of ether oxygens (including phenoxy) is 1. The molecule has 1 saturated heterocycles. The molecule has 1 atom stereocenters. The van der Waals surface area contributed by atoms with Gasteiger partial charge in [0.1, 0.15) is 6.10 Å². The zero-order valence-corrected chi connectivity index (χ0v) is 11.8. The highest BCUT2D eigenvalue weighted by molar-refractivity contribution is 5.83. The van der Waals surface area contributed by atoms with Crippen LogP contribution < -0.4 is 10.1 Å². The molecule has 1 aliphatic heterocycles. The Hall–Kier alpha value is -2.11. The van der Waals surface area contributed by atoms with Crippen LogP contribution in [-0.2, 0) is 9.59 Å². The maximum atomic E-state index is 11.8. The zero-order valence-electron chi connectivity index (χ0n) is 11.8. The molecule has 2 amide bonds. The van der Waals surface area contributed by atoms with E-state index in [9.17, 15) is 9.59 Å². The molecule has 1 aliphatic rings. The number of aryl methyl sites for hydroxylation is 1. The molecule has 2 rings (SSSR count). The Labute approximate surface area is 118 Å². The first-order valence-electron chi connectivity index (χ1n) is 6.66. The second kappa shape index (κ2) is 6.36. The molecule has 0 saturated carbocycles. The molecule has 1 N–H and O–H groups in total. The van der Waals surface area contributed by atoms with E-state index in [0.717, 1.165) is 12.0 Å². The number of amides is 2. The van der Waals surface area contributed by atoms with Gasteiger partial charge in [-0.25, -0.2) is 4.98 Å². The number of carbonyl (C=O) groups excluding carboxylic acids is 2. The summed E-state index contributed by atoms with van der Waals surface area (Å²) in [7, 11) is 0. The van der Waals surface area contributed by atoms with E-state index < -0.39 is 0 Å².